The lowest BCUT2D eigenvalue weighted by Crippen LogP contribution is -2.55. The van der Waals surface area contributed by atoms with E-state index in [1.165, 1.54) is 26.2 Å². The second-order valence-corrected chi connectivity index (χ2v) is 29.7. The van der Waals surface area contributed by atoms with E-state index in [4.69, 9.17) is 48.9 Å². The van der Waals surface area contributed by atoms with Crippen molar-refractivity contribution in [2.24, 2.45) is 47.2 Å². The highest BCUT2D eigenvalue weighted by Gasteiger charge is 2.44. The maximum absolute atomic E-state index is 14.9. The topological polar surface area (TPSA) is 386 Å². The van der Waals surface area contributed by atoms with Gasteiger partial charge < -0.3 is 84.7 Å². The van der Waals surface area contributed by atoms with E-state index >= 15 is 0 Å². The standard InChI is InChI=1S/C83H122N12O18/c1-15-57(8)76(71(106-13)50-73(99)94-38-21-26-68(94)78(107-14)58(9)79(101)87-59(10)77(100)62-23-17-16-18-24-62)92(11)81(103)67(54(2)3)49-70(97)75(56(6)7)93(12)83(105)113-52-61-27-31-64(32-28-61)88-80(102)63(25-20-37-86-82(85)104)48-69(96)74(55(4)5)89-72(98)35-39-108-40-41-109-42-43-110-44-45-111-46-47-112-53-65-51-95(91-90-65)66-33-29-60(30-34-66)22-19-36-84/h16-18,23-24,27-34,51,54-59,63,67-68,71,74-78,100H,15,20-21,25-26,35,37-50,52-53H2,1-14H3,(H,87,101)(H,88,102)(H,89,98)(H3,85,86,104)/t57-,58+,59+,63+,67-,68-,71+,74-,75-,76-,77+,78+/m0/s1. The molecule has 0 spiro atoms. The van der Waals surface area contributed by atoms with E-state index in [9.17, 15) is 48.3 Å². The second kappa shape index (κ2) is 50.1. The zero-order chi connectivity index (χ0) is 83.1. The number of aromatic nitrogens is 3. The van der Waals surface area contributed by atoms with E-state index in [0.717, 1.165) is 11.3 Å². The number of primary amides is 1. The number of carbonyl (C=O) groups is 9. The third-order valence-corrected chi connectivity index (χ3v) is 20.4. The summed E-state index contributed by atoms with van der Waals surface area (Å²) in [5.74, 6) is -0.880. The van der Waals surface area contributed by atoms with Crippen LogP contribution in [0.1, 0.15) is 156 Å². The Kier molecular flexibility index (Phi) is 41.8. The fourth-order valence-corrected chi connectivity index (χ4v) is 13.8. The summed E-state index contributed by atoms with van der Waals surface area (Å²) in [6, 6.07) is 20.4. The maximum atomic E-state index is 14.9. The molecule has 8 amide bonds. The Balaban J connectivity index is 1.05. The minimum absolute atomic E-state index is 0.0292. The van der Waals surface area contributed by atoms with Crippen LogP contribution in [0.25, 0.3) is 5.69 Å². The van der Waals surface area contributed by atoms with Gasteiger partial charge in [-0.05, 0) is 104 Å². The molecule has 30 heteroatoms. The van der Waals surface area contributed by atoms with Crippen LogP contribution in [0.3, 0.4) is 0 Å². The van der Waals surface area contributed by atoms with Crippen LogP contribution in [0.5, 0.6) is 0 Å². The fourth-order valence-electron chi connectivity index (χ4n) is 13.8. The first-order valence-electron chi connectivity index (χ1n) is 39.2. The first kappa shape index (κ1) is 94.4. The number of urea groups is 1. The summed E-state index contributed by atoms with van der Waals surface area (Å²) in [7, 11) is 6.20. The summed E-state index contributed by atoms with van der Waals surface area (Å²) in [6.07, 6.45) is 0.541. The first-order valence-corrected chi connectivity index (χ1v) is 39.2. The van der Waals surface area contributed by atoms with E-state index in [2.05, 4.69) is 43.4 Å². The van der Waals surface area contributed by atoms with E-state index in [1.54, 1.807) is 110 Å². The number of likely N-dealkylation sites (tertiary alicyclic amines) is 1. The Bertz CT molecular complexity index is 3710. The fraction of sp³-hybridized carbons (Fsp3) is 0.614. The largest absolute Gasteiger partial charge is 0.445 e. The summed E-state index contributed by atoms with van der Waals surface area (Å²) >= 11 is 0. The molecule has 113 heavy (non-hydrogen) atoms. The number of nitrogens with two attached hydrogens (primary N) is 1. The van der Waals surface area contributed by atoms with Gasteiger partial charge >= 0.3 is 12.1 Å². The molecule has 30 nitrogen and oxygen atoms in total. The van der Waals surface area contributed by atoms with Crippen LogP contribution >= 0.6 is 0 Å². The van der Waals surface area contributed by atoms with Crippen molar-refractivity contribution in [3.63, 3.8) is 0 Å². The number of ketones is 2. The number of aliphatic hydroxyl groups is 1. The molecule has 0 saturated carbocycles. The Morgan fingerprint density at radius 2 is 1.34 bits per heavy atom. The Morgan fingerprint density at radius 1 is 0.708 bits per heavy atom. The molecule has 1 fully saturated rings. The summed E-state index contributed by atoms with van der Waals surface area (Å²) in [4.78, 5) is 129. The second-order valence-electron chi connectivity index (χ2n) is 29.7. The predicted molar refractivity (Wildman–Crippen MR) is 423 cm³/mol. The molecular weight excluding hydrogens is 1450 g/mol. The van der Waals surface area contributed by atoms with Crippen molar-refractivity contribution in [1.82, 2.24) is 45.6 Å². The number of nitrogens with zero attached hydrogens (tertiary/aromatic N) is 7. The number of Topliss-reactive ketones (excluding diaryl/α,β-unsaturated/α-hetero) is 2. The van der Waals surface area contributed by atoms with Gasteiger partial charge in [-0.15, -0.1) is 5.10 Å². The van der Waals surface area contributed by atoms with E-state index < -0.39 is 90.2 Å². The summed E-state index contributed by atoms with van der Waals surface area (Å²) in [6.45, 7) is 21.7. The van der Waals surface area contributed by atoms with Crippen molar-refractivity contribution < 1.29 is 86.2 Å². The summed E-state index contributed by atoms with van der Waals surface area (Å²) in [5.41, 5.74) is 9.07. The molecule has 1 aliphatic rings. The zero-order valence-electron chi connectivity index (χ0n) is 68.4. The molecule has 3 aromatic carbocycles. The van der Waals surface area contributed by atoms with Gasteiger partial charge in [0.25, 0.3) is 0 Å². The number of hydrogen-bond acceptors (Lipinski definition) is 21. The van der Waals surface area contributed by atoms with Crippen molar-refractivity contribution >= 4 is 58.9 Å². The Morgan fingerprint density at radius 3 is 1.91 bits per heavy atom. The van der Waals surface area contributed by atoms with Crippen molar-refractivity contribution in [3.8, 4) is 23.6 Å². The molecule has 0 radical (unpaired) electrons. The first-order chi connectivity index (χ1) is 54.0. The quantitative estimate of drug-likeness (QED) is 0.0181. The van der Waals surface area contributed by atoms with Crippen molar-refractivity contribution in [2.75, 3.05) is 106 Å². The number of rotatable bonds is 52. The van der Waals surface area contributed by atoms with Crippen LogP contribution in [0.2, 0.25) is 0 Å². The lowest BCUT2D eigenvalue weighted by atomic mass is 9.83. The molecule has 0 aliphatic carbocycles. The number of nitriles is 1. The number of likely N-dealkylation sites (N-methyl/N-ethyl adjacent to an activating group) is 2. The maximum Gasteiger partial charge on any atom is 0.410 e. The number of aliphatic hydroxyl groups excluding tert-OH is 1. The third kappa shape index (κ3) is 31.2. The third-order valence-electron chi connectivity index (χ3n) is 20.4. The lowest BCUT2D eigenvalue weighted by Gasteiger charge is -2.41. The summed E-state index contributed by atoms with van der Waals surface area (Å²) < 4.78 is 47.5. The number of nitrogens with one attached hydrogen (secondary N) is 4. The van der Waals surface area contributed by atoms with Gasteiger partial charge in [0, 0.05) is 89.7 Å². The number of carbonyl (C=O) groups excluding carboxylic acids is 9. The zero-order valence-corrected chi connectivity index (χ0v) is 68.4. The molecule has 4 aromatic rings. The van der Waals surface area contributed by atoms with Crippen molar-refractivity contribution in [2.45, 2.75) is 189 Å². The van der Waals surface area contributed by atoms with Crippen LogP contribution in [0.4, 0.5) is 15.3 Å². The van der Waals surface area contributed by atoms with Crippen LogP contribution in [-0.2, 0) is 84.7 Å². The molecule has 5 rings (SSSR count). The van der Waals surface area contributed by atoms with E-state index in [-0.39, 0.29) is 125 Å². The Labute approximate surface area is 666 Å². The minimum Gasteiger partial charge on any atom is -0.445 e. The van der Waals surface area contributed by atoms with Gasteiger partial charge in [0.05, 0.1) is 139 Å². The molecule has 0 bridgehead atoms. The van der Waals surface area contributed by atoms with Crippen molar-refractivity contribution in [3.05, 3.63) is 107 Å². The number of benzene rings is 3. The Hall–Kier alpha value is -9.24. The molecular formula is C83H122N12O18. The van der Waals surface area contributed by atoms with E-state index in [0.29, 0.717) is 94.4 Å². The molecule has 12 atom stereocenters. The average Bonchev–Trinajstić information content (AvgIpc) is 1.35. The van der Waals surface area contributed by atoms with Gasteiger partial charge in [-0.25, -0.2) is 14.3 Å². The van der Waals surface area contributed by atoms with Gasteiger partial charge in [0.2, 0.25) is 29.5 Å². The molecule has 622 valence electrons. The highest BCUT2D eigenvalue weighted by molar-refractivity contribution is 5.97. The van der Waals surface area contributed by atoms with Crippen LogP contribution in [0, 0.1) is 64.6 Å². The smallest absolute Gasteiger partial charge is 0.410 e. The van der Waals surface area contributed by atoms with Crippen LogP contribution < -0.4 is 27.0 Å². The number of methoxy groups -OCH3 is 2. The van der Waals surface area contributed by atoms with Gasteiger partial charge in [-0.1, -0.05) is 122 Å². The van der Waals surface area contributed by atoms with Gasteiger partial charge in [-0.2, -0.15) is 5.26 Å². The number of anilines is 1. The van der Waals surface area contributed by atoms with Gasteiger partial charge in [0.15, 0.2) is 17.6 Å². The van der Waals surface area contributed by atoms with Crippen LogP contribution in [-0.4, -0.2) is 231 Å². The lowest BCUT2D eigenvalue weighted by molar-refractivity contribution is -0.149. The molecule has 2 heterocycles. The molecule has 1 aromatic heterocycles. The molecule has 0 unspecified atom stereocenters. The predicted octanol–water partition coefficient (Wildman–Crippen LogP) is 7.90. The molecule has 7 N–H and O–H groups in total. The van der Waals surface area contributed by atoms with Gasteiger partial charge in [-0.3, -0.25) is 33.6 Å². The number of amides is 8. The summed E-state index contributed by atoms with van der Waals surface area (Å²) in [5, 5.41) is 39.0. The number of hydrogen-bond donors (Lipinski definition) is 6. The SMILES string of the molecule is CC[C@H](C)[C@@H]([C@@H](CC(=O)N1CCC[C@H]1[C@H](OC)[C@@H](C)C(=O)N[C@H](C)[C@@H](O)c1ccccc1)OC)N(C)C(=O)[C@@H](CC(=O)[C@H](C(C)C)N(C)C(=O)OCc1ccc(NC(=O)[C@H](CCCNC(N)=O)CC(=O)[C@@H](NC(=O)CCOCCOCCOCCOCCOCc2cn(-c3ccc(C#CC#N)cc3)nn2)C(C)C)cc1)C(C)C. The monoisotopic (exact) mass is 1570 g/mol. The van der Waals surface area contributed by atoms with Gasteiger partial charge in [0.1, 0.15) is 12.3 Å². The van der Waals surface area contributed by atoms with E-state index in [1.807, 2.05) is 71.9 Å². The number of ether oxygens (including phenoxy) is 8. The molecule has 1 saturated heterocycles. The average molecular weight is 1580 g/mol. The normalized spacial score (nSPS) is 15.7. The highest BCUT2D eigenvalue weighted by atomic mass is 16.6. The van der Waals surface area contributed by atoms with Crippen molar-refractivity contribution in [1.29, 1.82) is 5.26 Å². The highest BCUT2D eigenvalue weighted by Crippen LogP contribution is 2.32. The van der Waals surface area contributed by atoms with Crippen LogP contribution in [0.15, 0.2) is 85.1 Å². The minimum atomic E-state index is -0.976. The molecule has 1 aliphatic heterocycles.